The summed E-state index contributed by atoms with van der Waals surface area (Å²) in [5.74, 6) is 0. The van der Waals surface area contributed by atoms with Gasteiger partial charge in [-0.05, 0) is 0 Å². The second kappa shape index (κ2) is 27.1. The Labute approximate surface area is 105 Å². The van der Waals surface area contributed by atoms with E-state index in [1.165, 1.54) is 0 Å². The smallest absolute Gasteiger partial charge is 0 e. The summed E-state index contributed by atoms with van der Waals surface area (Å²) in [6.45, 7) is 0. The van der Waals surface area contributed by atoms with Gasteiger partial charge in [-0.15, -0.1) is 0 Å². The second-order valence-corrected chi connectivity index (χ2v) is 0. The van der Waals surface area contributed by atoms with Gasteiger partial charge in [0.15, 0.2) is 0 Å². The van der Waals surface area contributed by atoms with Crippen LogP contribution < -0.4 is 0 Å². The Kier molecular flexibility index (Phi) is 225. The van der Waals surface area contributed by atoms with Crippen molar-refractivity contribution in [2.45, 2.75) is 0 Å². The molecule has 0 aromatic carbocycles. The molecular formula is H2BaCuMnOZn. The van der Waals surface area contributed by atoms with E-state index in [1.54, 1.807) is 0 Å². The van der Waals surface area contributed by atoms with E-state index in [0.29, 0.717) is 0 Å². The summed E-state index contributed by atoms with van der Waals surface area (Å²) >= 11 is 0. The molecule has 0 bridgehead atoms. The van der Waals surface area contributed by atoms with Crippen LogP contribution in [0.5, 0.6) is 0 Å². The molecule has 0 unspecified atom stereocenters. The van der Waals surface area contributed by atoms with Gasteiger partial charge in [0, 0.05) is 53.6 Å². The van der Waals surface area contributed by atoms with Gasteiger partial charge in [0.05, 0.1) is 0 Å². The summed E-state index contributed by atoms with van der Waals surface area (Å²) in [6, 6.07) is 0. The quantitative estimate of drug-likeness (QED) is 0.530. The van der Waals surface area contributed by atoms with Crippen LogP contribution in [0.15, 0.2) is 0 Å². The van der Waals surface area contributed by atoms with Crippen molar-refractivity contribution in [3.05, 3.63) is 0 Å². The Bertz CT molecular complexity index is 11.6. The predicted octanol–water partition coefficient (Wildman–Crippen LogP) is -0.833. The van der Waals surface area contributed by atoms with Crippen molar-refractivity contribution in [2.24, 2.45) is 0 Å². The molecule has 1 nitrogen and oxygen atoms in total. The van der Waals surface area contributed by atoms with Gasteiger partial charge in [-0.1, -0.05) is 0 Å². The molecule has 0 amide bonds. The molecule has 0 aliphatic rings. The molecule has 0 fully saturated rings. The Hall–Kier alpha value is 3.19. The summed E-state index contributed by atoms with van der Waals surface area (Å²) in [4.78, 5) is 0. The summed E-state index contributed by atoms with van der Waals surface area (Å²) in [7, 11) is 0. The van der Waals surface area contributed by atoms with Crippen molar-refractivity contribution in [2.75, 3.05) is 0 Å². The molecule has 0 aliphatic heterocycles. The average Bonchev–Trinajstić information content (AvgIpc) is 0. The van der Waals surface area contributed by atoms with Crippen LogP contribution in [0, 0.1) is 0 Å². The van der Waals surface area contributed by atoms with E-state index in [0.717, 1.165) is 0 Å². The fourth-order valence-corrected chi connectivity index (χ4v) is 0. The Morgan fingerprint density at radius 3 is 1.00 bits per heavy atom. The molecule has 2 radical (unpaired) electrons. The molecule has 0 saturated carbocycles. The maximum absolute atomic E-state index is 0. The van der Waals surface area contributed by atoms with Crippen molar-refractivity contribution in [1.29, 1.82) is 0 Å². The molecule has 0 heterocycles. The summed E-state index contributed by atoms with van der Waals surface area (Å²) in [5.41, 5.74) is 0. The second-order valence-electron chi connectivity index (χ2n) is 0. The predicted molar refractivity (Wildman–Crippen MR) is 9.08 cm³/mol. The van der Waals surface area contributed by atoms with Crippen molar-refractivity contribution in [1.82, 2.24) is 0 Å². The van der Waals surface area contributed by atoms with Crippen molar-refractivity contribution < 1.29 is 59.1 Å². The van der Waals surface area contributed by atoms with E-state index in [-0.39, 0.29) is 108 Å². The standard InChI is InChI=1S/Ba.Cu.Mn.H2O.Zn.H/h;;;1H2;;/q+1;;;;;/p-1. The van der Waals surface area contributed by atoms with E-state index in [1.807, 2.05) is 0 Å². The zero-order valence-corrected chi connectivity index (χ0v) is 14.2. The maximum atomic E-state index is 0. The fourth-order valence-electron chi connectivity index (χ4n) is 0. The first-order chi connectivity index (χ1) is 0. The summed E-state index contributed by atoms with van der Waals surface area (Å²) in [5, 5.41) is 0. The largest absolute Gasteiger partial charge is 0.870 e. The monoisotopic (exact) mass is 338 g/mol. The number of hydrogen-bond donors (Lipinski definition) is 0. The molecule has 0 spiro atoms. The normalized spacial score (nSPS) is 0. The first-order valence-corrected chi connectivity index (χ1v) is 0. The van der Waals surface area contributed by atoms with Crippen LogP contribution in [0.1, 0.15) is 0 Å². The number of rotatable bonds is 0. The topological polar surface area (TPSA) is 30.0 Å². The maximum Gasteiger partial charge on any atom is 0 e. The molecule has 0 aliphatic carbocycles. The van der Waals surface area contributed by atoms with Crippen LogP contribution in [0.2, 0.25) is 0 Å². The molecule has 1 N–H and O–H groups in total. The first-order valence-electron chi connectivity index (χ1n) is 0. The summed E-state index contributed by atoms with van der Waals surface area (Å²) < 4.78 is 0. The van der Waals surface area contributed by atoms with Crippen LogP contribution in [0.25, 0.3) is 0 Å². The molecule has 30 valence electrons. The van der Waals surface area contributed by atoms with Crippen LogP contribution >= 0.6 is 0 Å². The van der Waals surface area contributed by atoms with Crippen molar-refractivity contribution >= 4 is 48.9 Å². The van der Waals surface area contributed by atoms with E-state index < -0.39 is 0 Å². The fraction of sp³-hybridized carbons (Fsp3) is 0. The van der Waals surface area contributed by atoms with Crippen LogP contribution in [0.4, 0.5) is 0 Å². The van der Waals surface area contributed by atoms with E-state index >= 15 is 0 Å². The van der Waals surface area contributed by atoms with Crippen molar-refractivity contribution in [3.8, 4) is 0 Å². The van der Waals surface area contributed by atoms with Gasteiger partial charge in [0.25, 0.3) is 0 Å². The molecule has 0 aromatic heterocycles. The van der Waals surface area contributed by atoms with Crippen LogP contribution in [-0.4, -0.2) is 54.4 Å². The van der Waals surface area contributed by atoms with E-state index in [9.17, 15) is 0 Å². The van der Waals surface area contributed by atoms with Gasteiger partial charge in [-0.2, -0.15) is 0 Å². The van der Waals surface area contributed by atoms with Crippen LogP contribution in [-0.2, 0) is 53.6 Å². The number of hydrogen-bond acceptors (Lipinski definition) is 1. The Balaban J connectivity index is 0. The third-order valence-corrected chi connectivity index (χ3v) is 0. The van der Waals surface area contributed by atoms with Gasteiger partial charge in [0.2, 0.25) is 0 Å². The van der Waals surface area contributed by atoms with Gasteiger partial charge in [-0.25, -0.2) is 0 Å². The van der Waals surface area contributed by atoms with E-state index in [4.69, 9.17) is 0 Å². The minimum Gasteiger partial charge on any atom is -0.870 e. The molecular weight excluding hydrogens is 337 g/mol. The molecule has 0 saturated heterocycles. The Morgan fingerprint density at radius 2 is 1.00 bits per heavy atom. The van der Waals surface area contributed by atoms with Crippen molar-refractivity contribution in [3.63, 3.8) is 0 Å². The van der Waals surface area contributed by atoms with Gasteiger partial charge < -0.3 is 5.48 Å². The third-order valence-electron chi connectivity index (χ3n) is 0. The average molecular weight is 339 g/mol. The molecule has 5 heavy (non-hydrogen) atoms. The zero-order chi connectivity index (χ0) is 0. The minimum absolute atomic E-state index is 0. The molecule has 0 atom stereocenters. The Morgan fingerprint density at radius 1 is 1.00 bits per heavy atom. The molecule has 5 heteroatoms. The molecule has 0 rings (SSSR count). The summed E-state index contributed by atoms with van der Waals surface area (Å²) in [6.07, 6.45) is 0. The van der Waals surface area contributed by atoms with Crippen LogP contribution in [0.3, 0.4) is 0 Å². The van der Waals surface area contributed by atoms with Gasteiger partial charge >= 0.3 is 48.9 Å². The van der Waals surface area contributed by atoms with Gasteiger partial charge in [-0.3, -0.25) is 0 Å². The molecule has 0 aromatic rings. The van der Waals surface area contributed by atoms with E-state index in [2.05, 4.69) is 0 Å². The minimum atomic E-state index is 0. The van der Waals surface area contributed by atoms with Gasteiger partial charge in [0.1, 0.15) is 0 Å². The zero-order valence-electron chi connectivity index (χ0n) is 2.83. The third kappa shape index (κ3) is 19.0. The SMILES string of the molecule is [BaH+].[Cu].[Mn].[OH-].[Zn]. The first kappa shape index (κ1) is 41.6.